The smallest absolute Gasteiger partial charge is 0.253 e. The van der Waals surface area contributed by atoms with Gasteiger partial charge in [-0.3, -0.25) is 4.79 Å². The van der Waals surface area contributed by atoms with Crippen LogP contribution in [0.3, 0.4) is 0 Å². The van der Waals surface area contributed by atoms with Crippen molar-refractivity contribution in [3.8, 4) is 11.5 Å². The number of rotatable bonds is 5. The van der Waals surface area contributed by atoms with Gasteiger partial charge in [0.2, 0.25) is 0 Å². The molecule has 1 fully saturated rings. The fourth-order valence-corrected chi connectivity index (χ4v) is 3.30. The van der Waals surface area contributed by atoms with E-state index in [0.29, 0.717) is 35.6 Å². The lowest BCUT2D eigenvalue weighted by Gasteiger charge is -2.36. The lowest BCUT2D eigenvalue weighted by atomic mass is 9.85. The molecule has 2 rings (SSSR count). The van der Waals surface area contributed by atoms with Crippen LogP contribution in [-0.4, -0.2) is 37.6 Å². The second kappa shape index (κ2) is 7.52. The molecule has 4 nitrogen and oxygen atoms in total. The summed E-state index contributed by atoms with van der Waals surface area (Å²) in [5.41, 5.74) is 0.653. The van der Waals surface area contributed by atoms with Gasteiger partial charge < -0.3 is 14.4 Å². The molecular weight excluding hydrogens is 278 g/mol. The summed E-state index contributed by atoms with van der Waals surface area (Å²) in [4.78, 5) is 14.7. The van der Waals surface area contributed by atoms with Gasteiger partial charge in [-0.1, -0.05) is 19.8 Å². The second-order valence-corrected chi connectivity index (χ2v) is 6.04. The summed E-state index contributed by atoms with van der Waals surface area (Å²) in [6, 6.07) is 5.74. The van der Waals surface area contributed by atoms with Gasteiger partial charge in [0.05, 0.1) is 13.7 Å². The highest BCUT2D eigenvalue weighted by Crippen LogP contribution is 2.31. The molecule has 0 heterocycles. The van der Waals surface area contributed by atoms with Crippen molar-refractivity contribution >= 4 is 5.91 Å². The van der Waals surface area contributed by atoms with Gasteiger partial charge in [-0.25, -0.2) is 0 Å². The zero-order valence-corrected chi connectivity index (χ0v) is 14.1. The summed E-state index contributed by atoms with van der Waals surface area (Å²) >= 11 is 0. The van der Waals surface area contributed by atoms with Crippen molar-refractivity contribution < 1.29 is 14.3 Å². The van der Waals surface area contributed by atoms with E-state index in [9.17, 15) is 4.79 Å². The van der Waals surface area contributed by atoms with Crippen molar-refractivity contribution in [1.29, 1.82) is 0 Å². The van der Waals surface area contributed by atoms with Crippen LogP contribution in [0, 0.1) is 5.92 Å². The first-order valence-corrected chi connectivity index (χ1v) is 8.16. The van der Waals surface area contributed by atoms with Gasteiger partial charge in [0.1, 0.15) is 0 Å². The SMILES string of the molecule is CCOc1ccc(C(=O)N(C)C2CCCCC2C)cc1OC. The highest BCUT2D eigenvalue weighted by Gasteiger charge is 2.28. The molecule has 2 atom stereocenters. The Kier molecular flexibility index (Phi) is 5.69. The van der Waals surface area contributed by atoms with Gasteiger partial charge in [-0.2, -0.15) is 0 Å². The number of carbonyl (C=O) groups is 1. The van der Waals surface area contributed by atoms with Crippen LogP contribution in [0.15, 0.2) is 18.2 Å². The largest absolute Gasteiger partial charge is 0.493 e. The summed E-state index contributed by atoms with van der Waals surface area (Å²) in [5.74, 6) is 1.90. The molecule has 0 spiro atoms. The molecule has 2 unspecified atom stereocenters. The second-order valence-electron chi connectivity index (χ2n) is 6.04. The van der Waals surface area contributed by atoms with Gasteiger partial charge in [0.15, 0.2) is 11.5 Å². The average Bonchev–Trinajstić information content (AvgIpc) is 2.54. The number of hydrogen-bond acceptors (Lipinski definition) is 3. The third-order valence-corrected chi connectivity index (χ3v) is 4.59. The Morgan fingerprint density at radius 3 is 2.64 bits per heavy atom. The number of ether oxygens (including phenoxy) is 2. The van der Waals surface area contributed by atoms with Gasteiger partial charge >= 0.3 is 0 Å². The molecule has 22 heavy (non-hydrogen) atoms. The van der Waals surface area contributed by atoms with E-state index in [2.05, 4.69) is 6.92 Å². The maximum atomic E-state index is 12.8. The van der Waals surface area contributed by atoms with E-state index in [4.69, 9.17) is 9.47 Å². The first kappa shape index (κ1) is 16.7. The Balaban J connectivity index is 2.17. The zero-order chi connectivity index (χ0) is 16.1. The Bertz CT molecular complexity index is 515. The number of amides is 1. The van der Waals surface area contributed by atoms with Crippen LogP contribution < -0.4 is 9.47 Å². The first-order valence-electron chi connectivity index (χ1n) is 8.16. The molecule has 1 saturated carbocycles. The number of benzene rings is 1. The van der Waals surface area contributed by atoms with Crippen LogP contribution in [0.1, 0.15) is 49.9 Å². The molecule has 1 aliphatic rings. The molecule has 4 heteroatoms. The fourth-order valence-electron chi connectivity index (χ4n) is 3.30. The van der Waals surface area contributed by atoms with E-state index in [0.717, 1.165) is 6.42 Å². The molecule has 0 saturated heterocycles. The van der Waals surface area contributed by atoms with Gasteiger partial charge in [0, 0.05) is 18.7 Å². The Hall–Kier alpha value is -1.71. The molecule has 1 amide bonds. The predicted octanol–water partition coefficient (Wildman–Crippen LogP) is 3.74. The molecule has 0 aromatic heterocycles. The van der Waals surface area contributed by atoms with Crippen molar-refractivity contribution in [2.45, 2.75) is 45.6 Å². The predicted molar refractivity (Wildman–Crippen MR) is 87.7 cm³/mol. The lowest BCUT2D eigenvalue weighted by molar-refractivity contribution is 0.0628. The van der Waals surface area contributed by atoms with E-state index in [-0.39, 0.29) is 5.91 Å². The van der Waals surface area contributed by atoms with E-state index in [1.54, 1.807) is 13.2 Å². The van der Waals surface area contributed by atoms with Gasteiger partial charge in [0.25, 0.3) is 5.91 Å². The monoisotopic (exact) mass is 305 g/mol. The summed E-state index contributed by atoms with van der Waals surface area (Å²) in [5, 5.41) is 0. The van der Waals surface area contributed by atoms with Crippen LogP contribution in [0.2, 0.25) is 0 Å². The number of nitrogens with zero attached hydrogens (tertiary/aromatic N) is 1. The van der Waals surface area contributed by atoms with Crippen LogP contribution in [-0.2, 0) is 0 Å². The highest BCUT2D eigenvalue weighted by molar-refractivity contribution is 5.95. The van der Waals surface area contributed by atoms with Crippen molar-refractivity contribution in [3.05, 3.63) is 23.8 Å². The van der Waals surface area contributed by atoms with Crippen molar-refractivity contribution in [2.75, 3.05) is 20.8 Å². The molecule has 1 aromatic carbocycles. The third kappa shape index (κ3) is 3.54. The standard InChI is InChI=1S/C18H27NO3/c1-5-22-16-11-10-14(12-17(16)21-4)18(20)19(3)15-9-7-6-8-13(15)2/h10-13,15H,5-9H2,1-4H3. The first-order chi connectivity index (χ1) is 10.6. The highest BCUT2D eigenvalue weighted by atomic mass is 16.5. The van der Waals surface area contributed by atoms with Crippen LogP contribution in [0.4, 0.5) is 0 Å². The molecule has 1 aromatic rings. The third-order valence-electron chi connectivity index (χ3n) is 4.59. The minimum atomic E-state index is 0.0556. The molecule has 0 radical (unpaired) electrons. The van der Waals surface area contributed by atoms with Gasteiger partial charge in [-0.05, 0) is 43.9 Å². The Labute approximate surface area is 133 Å². The van der Waals surface area contributed by atoms with Crippen LogP contribution >= 0.6 is 0 Å². The summed E-state index contributed by atoms with van der Waals surface area (Å²) in [6.07, 6.45) is 4.78. The number of methoxy groups -OCH3 is 1. The molecule has 0 aliphatic heterocycles. The maximum Gasteiger partial charge on any atom is 0.253 e. The number of hydrogen-bond donors (Lipinski definition) is 0. The summed E-state index contributed by atoms with van der Waals surface area (Å²) in [6.45, 7) is 4.74. The van der Waals surface area contributed by atoms with Crippen molar-refractivity contribution in [3.63, 3.8) is 0 Å². The number of carbonyl (C=O) groups excluding carboxylic acids is 1. The van der Waals surface area contributed by atoms with E-state index < -0.39 is 0 Å². The Morgan fingerprint density at radius 2 is 2.00 bits per heavy atom. The zero-order valence-electron chi connectivity index (χ0n) is 14.1. The molecular formula is C18H27NO3. The molecule has 0 N–H and O–H groups in total. The quantitative estimate of drug-likeness (QED) is 0.831. The summed E-state index contributed by atoms with van der Waals surface area (Å²) in [7, 11) is 3.51. The van der Waals surface area contributed by atoms with E-state index in [1.165, 1.54) is 19.3 Å². The normalized spacial score (nSPS) is 21.3. The van der Waals surface area contributed by atoms with E-state index >= 15 is 0 Å². The summed E-state index contributed by atoms with van der Waals surface area (Å²) < 4.78 is 10.8. The van der Waals surface area contributed by atoms with Crippen molar-refractivity contribution in [1.82, 2.24) is 4.90 Å². The average molecular weight is 305 g/mol. The minimum absolute atomic E-state index is 0.0556. The topological polar surface area (TPSA) is 38.8 Å². The van der Waals surface area contributed by atoms with Crippen LogP contribution in [0.5, 0.6) is 11.5 Å². The molecule has 122 valence electrons. The molecule has 1 aliphatic carbocycles. The lowest BCUT2D eigenvalue weighted by Crippen LogP contribution is -2.42. The van der Waals surface area contributed by atoms with E-state index in [1.807, 2.05) is 31.0 Å². The van der Waals surface area contributed by atoms with Crippen molar-refractivity contribution in [2.24, 2.45) is 5.92 Å². The molecule has 0 bridgehead atoms. The Morgan fingerprint density at radius 1 is 1.27 bits per heavy atom. The fraction of sp³-hybridized carbons (Fsp3) is 0.611. The maximum absolute atomic E-state index is 12.8. The van der Waals surface area contributed by atoms with Gasteiger partial charge in [-0.15, -0.1) is 0 Å². The van der Waals surface area contributed by atoms with Crippen LogP contribution in [0.25, 0.3) is 0 Å². The minimum Gasteiger partial charge on any atom is -0.493 e.